The lowest BCUT2D eigenvalue weighted by molar-refractivity contribution is 0.251. The standard InChI is InChI=1S/C19H25N3O2/c1-14-8-9-18(24-4)17(10-14)21-19(23)20-12-15-6-5-7-16(11-15)13-22(2)3/h5-11H,12-13H2,1-4H3,(H2,20,21,23). The third-order valence-electron chi connectivity index (χ3n) is 3.55. The van der Waals surface area contributed by atoms with Gasteiger partial charge in [-0.1, -0.05) is 30.3 Å². The van der Waals surface area contributed by atoms with E-state index in [4.69, 9.17) is 4.74 Å². The molecule has 2 amide bonds. The van der Waals surface area contributed by atoms with Gasteiger partial charge in [0.15, 0.2) is 0 Å². The maximum Gasteiger partial charge on any atom is 0.319 e. The average Bonchev–Trinajstić information content (AvgIpc) is 2.53. The first-order chi connectivity index (χ1) is 11.5. The van der Waals surface area contributed by atoms with Gasteiger partial charge in [0.05, 0.1) is 12.8 Å². The first kappa shape index (κ1) is 17.8. The summed E-state index contributed by atoms with van der Waals surface area (Å²) < 4.78 is 5.27. The molecule has 0 aliphatic rings. The molecule has 2 N–H and O–H groups in total. The number of benzene rings is 2. The van der Waals surface area contributed by atoms with Crippen LogP contribution >= 0.6 is 0 Å². The van der Waals surface area contributed by atoms with Crippen LogP contribution in [-0.2, 0) is 13.1 Å². The number of hydrogen-bond acceptors (Lipinski definition) is 3. The maximum atomic E-state index is 12.1. The van der Waals surface area contributed by atoms with Crippen LogP contribution in [0.2, 0.25) is 0 Å². The number of rotatable bonds is 6. The van der Waals surface area contributed by atoms with E-state index in [0.717, 1.165) is 17.7 Å². The topological polar surface area (TPSA) is 53.6 Å². The van der Waals surface area contributed by atoms with Gasteiger partial charge < -0.3 is 20.3 Å². The van der Waals surface area contributed by atoms with Crippen molar-refractivity contribution >= 4 is 11.7 Å². The molecule has 0 aliphatic heterocycles. The van der Waals surface area contributed by atoms with E-state index in [-0.39, 0.29) is 6.03 Å². The summed E-state index contributed by atoms with van der Waals surface area (Å²) in [4.78, 5) is 14.3. The first-order valence-electron chi connectivity index (χ1n) is 7.90. The normalized spacial score (nSPS) is 10.5. The van der Waals surface area contributed by atoms with E-state index in [9.17, 15) is 4.79 Å². The lowest BCUT2D eigenvalue weighted by Crippen LogP contribution is -2.28. The fraction of sp³-hybridized carbons (Fsp3) is 0.316. The van der Waals surface area contributed by atoms with Crippen molar-refractivity contribution < 1.29 is 9.53 Å². The minimum Gasteiger partial charge on any atom is -0.495 e. The molecule has 0 unspecified atom stereocenters. The number of ether oxygens (including phenoxy) is 1. The Bertz CT molecular complexity index is 699. The smallest absolute Gasteiger partial charge is 0.319 e. The average molecular weight is 327 g/mol. The Hall–Kier alpha value is -2.53. The molecule has 0 radical (unpaired) electrons. The highest BCUT2D eigenvalue weighted by atomic mass is 16.5. The van der Waals surface area contributed by atoms with Crippen molar-refractivity contribution in [2.24, 2.45) is 0 Å². The molecule has 0 spiro atoms. The number of aryl methyl sites for hydroxylation is 1. The van der Waals surface area contributed by atoms with Gasteiger partial charge in [-0.05, 0) is 49.8 Å². The number of amides is 2. The molecule has 0 bridgehead atoms. The van der Waals surface area contributed by atoms with Gasteiger partial charge in [-0.2, -0.15) is 0 Å². The van der Waals surface area contributed by atoms with E-state index >= 15 is 0 Å². The quantitative estimate of drug-likeness (QED) is 0.855. The van der Waals surface area contributed by atoms with Crippen LogP contribution in [0.3, 0.4) is 0 Å². The molecule has 128 valence electrons. The predicted octanol–water partition coefficient (Wildman–Crippen LogP) is 3.39. The molecule has 0 saturated carbocycles. The van der Waals surface area contributed by atoms with Gasteiger partial charge in [0.2, 0.25) is 0 Å². The summed E-state index contributed by atoms with van der Waals surface area (Å²) in [6.45, 7) is 3.32. The third-order valence-corrected chi connectivity index (χ3v) is 3.55. The van der Waals surface area contributed by atoms with E-state index < -0.39 is 0 Å². The summed E-state index contributed by atoms with van der Waals surface area (Å²) in [6, 6.07) is 13.6. The highest BCUT2D eigenvalue weighted by Gasteiger charge is 2.07. The second-order valence-corrected chi connectivity index (χ2v) is 6.07. The lowest BCUT2D eigenvalue weighted by Gasteiger charge is -2.13. The van der Waals surface area contributed by atoms with Gasteiger partial charge in [-0.25, -0.2) is 4.79 Å². The van der Waals surface area contributed by atoms with E-state index in [0.29, 0.717) is 18.0 Å². The van der Waals surface area contributed by atoms with Crippen LogP contribution in [0, 0.1) is 6.92 Å². The summed E-state index contributed by atoms with van der Waals surface area (Å²) in [7, 11) is 5.66. The van der Waals surface area contributed by atoms with Crippen LogP contribution in [0.5, 0.6) is 5.75 Å². The molecule has 0 fully saturated rings. The Labute approximate surface area is 143 Å². The van der Waals surface area contributed by atoms with Crippen LogP contribution in [0.1, 0.15) is 16.7 Å². The van der Waals surface area contributed by atoms with Gasteiger partial charge in [0, 0.05) is 13.1 Å². The zero-order valence-electron chi connectivity index (χ0n) is 14.7. The number of methoxy groups -OCH3 is 1. The van der Waals surface area contributed by atoms with Crippen molar-refractivity contribution in [1.82, 2.24) is 10.2 Å². The van der Waals surface area contributed by atoms with Crippen LogP contribution in [-0.4, -0.2) is 32.1 Å². The summed E-state index contributed by atoms with van der Waals surface area (Å²) in [5.41, 5.74) is 4.01. The zero-order chi connectivity index (χ0) is 17.5. The van der Waals surface area contributed by atoms with Crippen molar-refractivity contribution in [3.8, 4) is 5.75 Å². The molecular weight excluding hydrogens is 302 g/mol. The molecule has 0 saturated heterocycles. The van der Waals surface area contributed by atoms with Crippen LogP contribution in [0.25, 0.3) is 0 Å². The number of nitrogens with zero attached hydrogens (tertiary/aromatic N) is 1. The van der Waals surface area contributed by atoms with Gasteiger partial charge >= 0.3 is 6.03 Å². The number of urea groups is 1. The zero-order valence-corrected chi connectivity index (χ0v) is 14.7. The summed E-state index contributed by atoms with van der Waals surface area (Å²) in [5.74, 6) is 0.642. The van der Waals surface area contributed by atoms with Gasteiger partial charge in [-0.3, -0.25) is 0 Å². The number of nitrogens with one attached hydrogen (secondary N) is 2. The number of hydrogen-bond donors (Lipinski definition) is 2. The molecule has 5 heteroatoms. The first-order valence-corrected chi connectivity index (χ1v) is 7.90. The van der Waals surface area contributed by atoms with Gasteiger partial charge in [0.1, 0.15) is 5.75 Å². The molecule has 2 aromatic rings. The maximum absolute atomic E-state index is 12.1. The minimum atomic E-state index is -0.253. The Kier molecular flexibility index (Phi) is 6.21. The van der Waals surface area contributed by atoms with E-state index in [2.05, 4.69) is 27.7 Å². The molecular formula is C19H25N3O2. The molecule has 5 nitrogen and oxygen atoms in total. The van der Waals surface area contributed by atoms with E-state index in [1.807, 2.05) is 51.4 Å². The van der Waals surface area contributed by atoms with Crippen molar-refractivity contribution in [2.45, 2.75) is 20.0 Å². The third kappa shape index (κ3) is 5.28. The largest absolute Gasteiger partial charge is 0.495 e. The molecule has 0 aromatic heterocycles. The number of anilines is 1. The molecule has 0 atom stereocenters. The monoisotopic (exact) mass is 327 g/mol. The van der Waals surface area contributed by atoms with Crippen LogP contribution in [0.15, 0.2) is 42.5 Å². The van der Waals surface area contributed by atoms with E-state index in [1.54, 1.807) is 7.11 Å². The van der Waals surface area contributed by atoms with Crippen LogP contribution in [0.4, 0.5) is 10.5 Å². The van der Waals surface area contributed by atoms with Crippen molar-refractivity contribution in [3.63, 3.8) is 0 Å². The minimum absolute atomic E-state index is 0.253. The Morgan fingerprint density at radius 1 is 1.12 bits per heavy atom. The van der Waals surface area contributed by atoms with Crippen molar-refractivity contribution in [3.05, 3.63) is 59.2 Å². The molecule has 0 aliphatic carbocycles. The summed E-state index contributed by atoms with van der Waals surface area (Å²) >= 11 is 0. The molecule has 2 aromatic carbocycles. The second kappa shape index (κ2) is 8.36. The summed E-state index contributed by atoms with van der Waals surface area (Å²) in [5, 5.41) is 5.72. The fourth-order valence-corrected chi connectivity index (χ4v) is 2.47. The fourth-order valence-electron chi connectivity index (χ4n) is 2.47. The Balaban J connectivity index is 1.95. The van der Waals surface area contributed by atoms with Crippen molar-refractivity contribution in [2.75, 3.05) is 26.5 Å². The highest BCUT2D eigenvalue weighted by molar-refractivity contribution is 5.91. The number of carbonyl (C=O) groups is 1. The molecule has 2 rings (SSSR count). The SMILES string of the molecule is COc1ccc(C)cc1NC(=O)NCc1cccc(CN(C)C)c1. The Morgan fingerprint density at radius 3 is 2.58 bits per heavy atom. The molecule has 24 heavy (non-hydrogen) atoms. The highest BCUT2D eigenvalue weighted by Crippen LogP contribution is 2.24. The number of carbonyl (C=O) groups excluding carboxylic acids is 1. The molecule has 0 heterocycles. The van der Waals surface area contributed by atoms with Gasteiger partial charge in [0.25, 0.3) is 0 Å². The lowest BCUT2D eigenvalue weighted by atomic mass is 10.1. The van der Waals surface area contributed by atoms with E-state index in [1.165, 1.54) is 5.56 Å². The predicted molar refractivity (Wildman–Crippen MR) is 97.4 cm³/mol. The van der Waals surface area contributed by atoms with Crippen molar-refractivity contribution in [1.29, 1.82) is 0 Å². The summed E-state index contributed by atoms with van der Waals surface area (Å²) in [6.07, 6.45) is 0. The van der Waals surface area contributed by atoms with Gasteiger partial charge in [-0.15, -0.1) is 0 Å². The van der Waals surface area contributed by atoms with Crippen LogP contribution < -0.4 is 15.4 Å². The Morgan fingerprint density at radius 2 is 1.88 bits per heavy atom. The second-order valence-electron chi connectivity index (χ2n) is 6.07.